The van der Waals surface area contributed by atoms with Crippen LogP contribution in [0, 0.1) is 6.92 Å². The molecule has 2 rings (SSSR count). The summed E-state index contributed by atoms with van der Waals surface area (Å²) in [5.41, 5.74) is 3.10. The van der Waals surface area contributed by atoms with Crippen molar-refractivity contribution in [2.45, 2.75) is 26.7 Å². The highest BCUT2D eigenvalue weighted by atomic mass is 16.5. The molecular formula is C20H22N2O4. The smallest absolute Gasteiger partial charge is 0.337 e. The van der Waals surface area contributed by atoms with Crippen LogP contribution in [0.4, 0.5) is 11.4 Å². The molecule has 0 saturated heterocycles. The van der Waals surface area contributed by atoms with E-state index in [0.29, 0.717) is 11.4 Å². The summed E-state index contributed by atoms with van der Waals surface area (Å²) in [6.45, 7) is 5.91. The van der Waals surface area contributed by atoms with E-state index in [-0.39, 0.29) is 11.5 Å². The van der Waals surface area contributed by atoms with Crippen molar-refractivity contribution < 1.29 is 19.1 Å². The van der Waals surface area contributed by atoms with Crippen LogP contribution in [-0.2, 0) is 14.3 Å². The lowest BCUT2D eigenvalue weighted by Gasteiger charge is -2.16. The molecule has 0 unspecified atom stereocenters. The first-order chi connectivity index (χ1) is 12.3. The van der Waals surface area contributed by atoms with Crippen LogP contribution in [0.2, 0.25) is 0 Å². The predicted octanol–water partition coefficient (Wildman–Crippen LogP) is 3.48. The van der Waals surface area contributed by atoms with Gasteiger partial charge in [-0.2, -0.15) is 0 Å². The Bertz CT molecular complexity index is 843. The fourth-order valence-corrected chi connectivity index (χ4v) is 2.54. The number of nitrogens with one attached hydrogen (secondary N) is 2. The number of aryl methyl sites for hydroxylation is 1. The Morgan fingerprint density at radius 2 is 1.62 bits per heavy atom. The number of anilines is 2. The van der Waals surface area contributed by atoms with E-state index >= 15 is 0 Å². The number of ether oxygens (including phenoxy) is 1. The van der Waals surface area contributed by atoms with Gasteiger partial charge in [-0.25, -0.2) is 4.79 Å². The van der Waals surface area contributed by atoms with Gasteiger partial charge in [-0.3, -0.25) is 9.59 Å². The van der Waals surface area contributed by atoms with Crippen molar-refractivity contribution in [3.05, 3.63) is 59.2 Å². The average Bonchev–Trinajstić information content (AvgIpc) is 2.62. The molecule has 0 spiro atoms. The lowest BCUT2D eigenvalue weighted by atomic mass is 9.98. The van der Waals surface area contributed by atoms with Crippen molar-refractivity contribution in [3.8, 4) is 0 Å². The van der Waals surface area contributed by atoms with Crippen LogP contribution in [0.5, 0.6) is 0 Å². The van der Waals surface area contributed by atoms with E-state index in [2.05, 4.69) is 15.4 Å². The molecule has 2 aromatic rings. The zero-order valence-electron chi connectivity index (χ0n) is 15.3. The van der Waals surface area contributed by atoms with Crippen LogP contribution in [0.3, 0.4) is 0 Å². The fourth-order valence-electron chi connectivity index (χ4n) is 2.54. The number of para-hydroxylation sites is 1. The summed E-state index contributed by atoms with van der Waals surface area (Å²) in [6, 6.07) is 11.9. The van der Waals surface area contributed by atoms with Crippen LogP contribution >= 0.6 is 0 Å². The molecule has 0 fully saturated rings. The molecule has 0 heterocycles. The Hall–Kier alpha value is -3.15. The molecule has 0 radical (unpaired) electrons. The number of carbonyl (C=O) groups excluding carboxylic acids is 3. The monoisotopic (exact) mass is 354 g/mol. The van der Waals surface area contributed by atoms with Crippen LogP contribution in [0.25, 0.3) is 0 Å². The predicted molar refractivity (Wildman–Crippen MR) is 100 cm³/mol. The quantitative estimate of drug-likeness (QED) is 0.650. The first kappa shape index (κ1) is 19.2. The highest BCUT2D eigenvalue weighted by Crippen LogP contribution is 2.27. The van der Waals surface area contributed by atoms with Gasteiger partial charge in [0.05, 0.1) is 12.7 Å². The van der Waals surface area contributed by atoms with Crippen molar-refractivity contribution in [3.63, 3.8) is 0 Å². The maximum Gasteiger partial charge on any atom is 0.337 e. The molecule has 0 atom stereocenters. The number of hydrogen-bond donors (Lipinski definition) is 2. The van der Waals surface area contributed by atoms with E-state index in [1.807, 2.05) is 39.0 Å². The van der Waals surface area contributed by atoms with Crippen LogP contribution in [0.1, 0.15) is 41.3 Å². The molecule has 0 aliphatic carbocycles. The number of amides is 2. The minimum atomic E-state index is -0.815. The highest BCUT2D eigenvalue weighted by Gasteiger charge is 2.18. The second kappa shape index (κ2) is 8.29. The van der Waals surface area contributed by atoms with E-state index in [0.717, 1.165) is 11.1 Å². The first-order valence-corrected chi connectivity index (χ1v) is 8.23. The number of esters is 1. The molecule has 136 valence electrons. The lowest BCUT2D eigenvalue weighted by molar-refractivity contribution is -0.133. The molecule has 0 saturated carbocycles. The van der Waals surface area contributed by atoms with Crippen molar-refractivity contribution in [2.75, 3.05) is 17.7 Å². The maximum absolute atomic E-state index is 12.3. The minimum Gasteiger partial charge on any atom is -0.465 e. The Labute approximate surface area is 152 Å². The van der Waals surface area contributed by atoms with Crippen molar-refractivity contribution in [2.24, 2.45) is 0 Å². The Morgan fingerprint density at radius 3 is 2.27 bits per heavy atom. The largest absolute Gasteiger partial charge is 0.465 e. The molecule has 26 heavy (non-hydrogen) atoms. The van der Waals surface area contributed by atoms with Gasteiger partial charge in [0, 0.05) is 11.4 Å². The first-order valence-electron chi connectivity index (χ1n) is 8.23. The van der Waals surface area contributed by atoms with E-state index in [1.54, 1.807) is 18.2 Å². The average molecular weight is 354 g/mol. The maximum atomic E-state index is 12.3. The number of benzene rings is 2. The topological polar surface area (TPSA) is 84.5 Å². The van der Waals surface area contributed by atoms with Crippen LogP contribution in [0.15, 0.2) is 42.5 Å². The van der Waals surface area contributed by atoms with Gasteiger partial charge >= 0.3 is 17.8 Å². The Balaban J connectivity index is 2.15. The zero-order valence-corrected chi connectivity index (χ0v) is 15.3. The molecule has 6 nitrogen and oxygen atoms in total. The summed E-state index contributed by atoms with van der Waals surface area (Å²) < 4.78 is 4.64. The molecule has 0 aliphatic rings. The van der Waals surface area contributed by atoms with Gasteiger partial charge in [-0.1, -0.05) is 38.1 Å². The normalized spacial score (nSPS) is 10.3. The van der Waals surface area contributed by atoms with Crippen LogP contribution in [-0.4, -0.2) is 24.9 Å². The summed E-state index contributed by atoms with van der Waals surface area (Å²) >= 11 is 0. The molecule has 2 N–H and O–H groups in total. The van der Waals surface area contributed by atoms with Gasteiger partial charge in [0.1, 0.15) is 0 Å². The molecule has 6 heteroatoms. The number of carbonyl (C=O) groups is 3. The van der Waals surface area contributed by atoms with E-state index in [9.17, 15) is 14.4 Å². The number of rotatable bonds is 4. The summed E-state index contributed by atoms with van der Waals surface area (Å²) in [5, 5.41) is 5.18. The molecule has 2 amide bonds. The van der Waals surface area contributed by atoms with Crippen molar-refractivity contribution >= 4 is 29.2 Å². The second-order valence-electron chi connectivity index (χ2n) is 6.17. The third-order valence-electron chi connectivity index (χ3n) is 3.91. The summed E-state index contributed by atoms with van der Waals surface area (Å²) in [7, 11) is 1.27. The van der Waals surface area contributed by atoms with Crippen LogP contribution < -0.4 is 10.6 Å². The van der Waals surface area contributed by atoms with E-state index < -0.39 is 17.8 Å². The lowest BCUT2D eigenvalue weighted by Crippen LogP contribution is -2.30. The van der Waals surface area contributed by atoms with Gasteiger partial charge in [0.2, 0.25) is 0 Å². The molecule has 0 bridgehead atoms. The molecule has 2 aromatic carbocycles. The minimum absolute atomic E-state index is 0.199. The van der Waals surface area contributed by atoms with Gasteiger partial charge in [-0.15, -0.1) is 0 Å². The van der Waals surface area contributed by atoms with E-state index in [4.69, 9.17) is 0 Å². The van der Waals surface area contributed by atoms with Gasteiger partial charge in [-0.05, 0) is 42.2 Å². The zero-order chi connectivity index (χ0) is 19.3. The fraction of sp³-hybridized carbons (Fsp3) is 0.250. The van der Waals surface area contributed by atoms with E-state index in [1.165, 1.54) is 13.2 Å². The summed E-state index contributed by atoms with van der Waals surface area (Å²) in [5.74, 6) is -1.91. The SMILES string of the molecule is COC(=O)c1cccc(NC(=O)C(=O)Nc2c(C)cccc2C(C)C)c1. The standard InChI is InChI=1S/C20H22N2O4/c1-12(2)16-10-5-7-13(3)17(16)22-19(24)18(23)21-15-9-6-8-14(11-15)20(25)26-4/h5-12H,1-4H3,(H,21,23)(H,22,24). The van der Waals surface area contributed by atoms with Gasteiger partial charge < -0.3 is 15.4 Å². The summed E-state index contributed by atoms with van der Waals surface area (Å²) in [6.07, 6.45) is 0. The third kappa shape index (κ3) is 4.47. The van der Waals surface area contributed by atoms with Gasteiger partial charge in [0.15, 0.2) is 0 Å². The Morgan fingerprint density at radius 1 is 0.962 bits per heavy atom. The number of methoxy groups -OCH3 is 1. The highest BCUT2D eigenvalue weighted by molar-refractivity contribution is 6.43. The molecule has 0 aromatic heterocycles. The Kier molecular flexibility index (Phi) is 6.11. The number of hydrogen-bond acceptors (Lipinski definition) is 4. The summed E-state index contributed by atoms with van der Waals surface area (Å²) in [4.78, 5) is 36.1. The second-order valence-corrected chi connectivity index (χ2v) is 6.17. The molecular weight excluding hydrogens is 332 g/mol. The molecule has 0 aliphatic heterocycles. The van der Waals surface area contributed by atoms with Crippen molar-refractivity contribution in [1.82, 2.24) is 0 Å². The van der Waals surface area contributed by atoms with Crippen molar-refractivity contribution in [1.29, 1.82) is 0 Å². The van der Waals surface area contributed by atoms with Gasteiger partial charge in [0.25, 0.3) is 0 Å². The third-order valence-corrected chi connectivity index (χ3v) is 3.91.